The monoisotopic (exact) mass is 288 g/mol. The molecule has 0 radical (unpaired) electrons. The van der Waals surface area contributed by atoms with Crippen LogP contribution in [-0.4, -0.2) is 29.6 Å². The highest BCUT2D eigenvalue weighted by atomic mass is 15.2. The topological polar surface area (TPSA) is 41.1 Å². The van der Waals surface area contributed by atoms with Crippen LogP contribution in [0.15, 0.2) is 6.20 Å². The van der Waals surface area contributed by atoms with Crippen molar-refractivity contribution < 1.29 is 0 Å². The Morgan fingerprint density at radius 3 is 2.76 bits per heavy atom. The van der Waals surface area contributed by atoms with Gasteiger partial charge in [-0.05, 0) is 45.1 Å². The van der Waals surface area contributed by atoms with Crippen LogP contribution in [0.2, 0.25) is 0 Å². The lowest BCUT2D eigenvalue weighted by Gasteiger charge is -2.27. The van der Waals surface area contributed by atoms with E-state index in [0.29, 0.717) is 6.04 Å². The molecule has 2 heterocycles. The smallest absolute Gasteiger partial charge is 0.225 e. The summed E-state index contributed by atoms with van der Waals surface area (Å²) in [6, 6.07) is 0.465. The van der Waals surface area contributed by atoms with Crippen molar-refractivity contribution in [2.75, 3.05) is 24.5 Å². The van der Waals surface area contributed by atoms with Crippen LogP contribution in [0.3, 0.4) is 0 Å². The molecule has 1 fully saturated rings. The van der Waals surface area contributed by atoms with Gasteiger partial charge in [0.15, 0.2) is 0 Å². The predicted octanol–water partition coefficient (Wildman–Crippen LogP) is 3.23. The maximum absolute atomic E-state index is 4.91. The quantitative estimate of drug-likeness (QED) is 0.923. The summed E-state index contributed by atoms with van der Waals surface area (Å²) < 4.78 is 0. The lowest BCUT2D eigenvalue weighted by molar-refractivity contribution is 0.453. The minimum Gasteiger partial charge on any atom is -0.341 e. The second kappa shape index (κ2) is 7.21. The Morgan fingerprint density at radius 2 is 2.00 bits per heavy atom. The number of fused-ring (bicyclic) bond motifs is 1. The van der Waals surface area contributed by atoms with Gasteiger partial charge in [0.25, 0.3) is 0 Å². The molecule has 1 aliphatic heterocycles. The zero-order valence-electron chi connectivity index (χ0n) is 13.3. The Kier molecular flexibility index (Phi) is 5.07. The molecule has 4 heteroatoms. The van der Waals surface area contributed by atoms with Crippen LogP contribution in [0, 0.1) is 0 Å². The lowest BCUT2D eigenvalue weighted by Crippen LogP contribution is -2.29. The molecule has 1 N–H and O–H groups in total. The molecule has 2 aliphatic rings. The van der Waals surface area contributed by atoms with Crippen LogP contribution in [0.5, 0.6) is 0 Å². The predicted molar refractivity (Wildman–Crippen MR) is 86.7 cm³/mol. The first-order valence-corrected chi connectivity index (χ1v) is 8.72. The van der Waals surface area contributed by atoms with Crippen LogP contribution in [-0.2, 0) is 6.42 Å². The van der Waals surface area contributed by atoms with Gasteiger partial charge in [-0.25, -0.2) is 9.97 Å². The average molecular weight is 288 g/mol. The molecular formula is C17H28N4. The maximum atomic E-state index is 4.91. The molecule has 4 nitrogen and oxygen atoms in total. The van der Waals surface area contributed by atoms with Gasteiger partial charge in [-0.1, -0.05) is 19.8 Å². The van der Waals surface area contributed by atoms with Crippen molar-refractivity contribution >= 4 is 5.95 Å². The van der Waals surface area contributed by atoms with Crippen LogP contribution < -0.4 is 10.2 Å². The Hall–Kier alpha value is -1.16. The molecule has 1 aromatic heterocycles. The van der Waals surface area contributed by atoms with E-state index in [1.54, 1.807) is 0 Å². The fraction of sp³-hybridized carbons (Fsp3) is 0.765. The lowest BCUT2D eigenvalue weighted by atomic mass is 9.92. The molecule has 1 aromatic rings. The number of aromatic nitrogens is 2. The second-order valence-electron chi connectivity index (χ2n) is 6.37. The normalized spacial score (nSPS) is 22.7. The van der Waals surface area contributed by atoms with Gasteiger partial charge in [0, 0.05) is 30.9 Å². The fourth-order valence-corrected chi connectivity index (χ4v) is 3.49. The Labute approximate surface area is 128 Å². The zero-order valence-corrected chi connectivity index (χ0v) is 13.3. The average Bonchev–Trinajstić information content (AvgIpc) is 2.81. The molecule has 0 aromatic carbocycles. The molecule has 1 saturated heterocycles. The third-order valence-electron chi connectivity index (χ3n) is 4.70. The number of anilines is 1. The number of hydrogen-bond acceptors (Lipinski definition) is 4. The first kappa shape index (κ1) is 14.8. The van der Waals surface area contributed by atoms with E-state index in [4.69, 9.17) is 9.97 Å². The Bertz CT molecular complexity index is 452. The molecule has 3 rings (SSSR count). The van der Waals surface area contributed by atoms with E-state index < -0.39 is 0 Å². The minimum absolute atomic E-state index is 0.465. The standard InChI is InChI=1S/C17H28N4/c1-2-10-18-15-8-7-9-16-14(15)13-19-17(20-16)21-11-5-3-4-6-12-21/h13,15,18H,2-12H2,1H3. The molecule has 0 bridgehead atoms. The van der Waals surface area contributed by atoms with E-state index in [1.165, 1.54) is 56.2 Å². The summed E-state index contributed by atoms with van der Waals surface area (Å²) in [5, 5.41) is 3.64. The second-order valence-corrected chi connectivity index (χ2v) is 6.37. The number of rotatable bonds is 4. The highest BCUT2D eigenvalue weighted by Crippen LogP contribution is 2.29. The van der Waals surface area contributed by atoms with E-state index in [0.717, 1.165) is 32.0 Å². The summed E-state index contributed by atoms with van der Waals surface area (Å²) >= 11 is 0. The number of hydrogen-bond donors (Lipinski definition) is 1. The van der Waals surface area contributed by atoms with Crippen LogP contribution >= 0.6 is 0 Å². The summed E-state index contributed by atoms with van der Waals surface area (Å²) in [6.45, 7) is 5.54. The van der Waals surface area contributed by atoms with Gasteiger partial charge in [-0.2, -0.15) is 0 Å². The number of nitrogens with zero attached hydrogens (tertiary/aromatic N) is 3. The van der Waals surface area contributed by atoms with E-state index in [2.05, 4.69) is 23.3 Å². The van der Waals surface area contributed by atoms with Crippen LogP contribution in [0.25, 0.3) is 0 Å². The molecule has 1 unspecified atom stereocenters. The van der Waals surface area contributed by atoms with Gasteiger partial charge >= 0.3 is 0 Å². The fourth-order valence-electron chi connectivity index (χ4n) is 3.49. The first-order chi connectivity index (χ1) is 10.4. The Balaban J connectivity index is 1.76. The molecule has 0 saturated carbocycles. The molecule has 0 spiro atoms. The van der Waals surface area contributed by atoms with Crippen LogP contribution in [0.1, 0.15) is 69.2 Å². The molecular weight excluding hydrogens is 260 g/mol. The summed E-state index contributed by atoms with van der Waals surface area (Å²) in [6.07, 6.45) is 12.1. The third-order valence-corrected chi connectivity index (χ3v) is 4.70. The molecule has 21 heavy (non-hydrogen) atoms. The SMILES string of the molecule is CCCNC1CCCc2nc(N3CCCCCC3)ncc21. The molecule has 0 amide bonds. The van der Waals surface area contributed by atoms with Crippen molar-refractivity contribution in [2.45, 2.75) is 64.3 Å². The molecule has 1 atom stereocenters. The first-order valence-electron chi connectivity index (χ1n) is 8.72. The highest BCUT2D eigenvalue weighted by molar-refractivity contribution is 5.35. The van der Waals surface area contributed by atoms with Gasteiger partial charge in [0.2, 0.25) is 5.95 Å². The molecule has 1 aliphatic carbocycles. The number of nitrogens with one attached hydrogen (secondary N) is 1. The third kappa shape index (κ3) is 3.54. The van der Waals surface area contributed by atoms with Crippen molar-refractivity contribution in [2.24, 2.45) is 0 Å². The summed E-state index contributed by atoms with van der Waals surface area (Å²) in [4.78, 5) is 12.0. The summed E-state index contributed by atoms with van der Waals surface area (Å²) in [7, 11) is 0. The van der Waals surface area contributed by atoms with Crippen LogP contribution in [0.4, 0.5) is 5.95 Å². The number of aryl methyl sites for hydroxylation is 1. The Morgan fingerprint density at radius 1 is 1.19 bits per heavy atom. The van der Waals surface area contributed by atoms with Crippen molar-refractivity contribution in [3.8, 4) is 0 Å². The molecule has 116 valence electrons. The van der Waals surface area contributed by atoms with Gasteiger partial charge in [0.1, 0.15) is 0 Å². The van der Waals surface area contributed by atoms with Crippen molar-refractivity contribution in [1.29, 1.82) is 0 Å². The van der Waals surface area contributed by atoms with E-state index in [-0.39, 0.29) is 0 Å². The van der Waals surface area contributed by atoms with E-state index >= 15 is 0 Å². The van der Waals surface area contributed by atoms with Gasteiger partial charge in [-0.15, -0.1) is 0 Å². The largest absolute Gasteiger partial charge is 0.341 e. The van der Waals surface area contributed by atoms with E-state index in [9.17, 15) is 0 Å². The summed E-state index contributed by atoms with van der Waals surface area (Å²) in [5.41, 5.74) is 2.62. The summed E-state index contributed by atoms with van der Waals surface area (Å²) in [5.74, 6) is 0.965. The highest BCUT2D eigenvalue weighted by Gasteiger charge is 2.23. The van der Waals surface area contributed by atoms with Crippen molar-refractivity contribution in [1.82, 2.24) is 15.3 Å². The van der Waals surface area contributed by atoms with Gasteiger partial charge in [-0.3, -0.25) is 0 Å². The van der Waals surface area contributed by atoms with E-state index in [1.807, 2.05) is 0 Å². The van der Waals surface area contributed by atoms with Crippen molar-refractivity contribution in [3.63, 3.8) is 0 Å². The minimum atomic E-state index is 0.465. The van der Waals surface area contributed by atoms with Crippen molar-refractivity contribution in [3.05, 3.63) is 17.5 Å². The van der Waals surface area contributed by atoms with Gasteiger partial charge < -0.3 is 10.2 Å². The van der Waals surface area contributed by atoms with Gasteiger partial charge in [0.05, 0.1) is 5.69 Å². The maximum Gasteiger partial charge on any atom is 0.225 e. The zero-order chi connectivity index (χ0) is 14.5.